The van der Waals surface area contributed by atoms with Crippen LogP contribution in [0, 0.1) is 0 Å². The second kappa shape index (κ2) is 6.42. The normalized spacial score (nSPS) is 12.3. The van der Waals surface area contributed by atoms with Crippen molar-refractivity contribution in [3.63, 3.8) is 0 Å². The number of hydrogen-bond acceptors (Lipinski definition) is 6. The number of sulfone groups is 1. The second-order valence-corrected chi connectivity index (χ2v) is 8.31. The minimum atomic E-state index is -3.71. The fourth-order valence-electron chi connectivity index (χ4n) is 1.50. The van der Waals surface area contributed by atoms with Gasteiger partial charge in [0, 0.05) is 12.8 Å². The lowest BCUT2D eigenvalue weighted by molar-refractivity contribution is 0.416. The van der Waals surface area contributed by atoms with E-state index in [0.717, 1.165) is 6.26 Å². The molecular weight excluding hydrogens is 304 g/mol. The topological polar surface area (TPSA) is 116 Å². The van der Waals surface area contributed by atoms with E-state index in [4.69, 9.17) is 10.5 Å². The highest BCUT2D eigenvalue weighted by atomic mass is 32.2. The predicted molar refractivity (Wildman–Crippen MR) is 76.9 cm³/mol. The number of nitrogens with one attached hydrogen (secondary N) is 1. The Labute approximate surface area is 119 Å². The van der Waals surface area contributed by atoms with Gasteiger partial charge < -0.3 is 10.5 Å². The Morgan fingerprint density at radius 3 is 2.40 bits per heavy atom. The van der Waals surface area contributed by atoms with Crippen molar-refractivity contribution in [1.82, 2.24) is 4.72 Å². The van der Waals surface area contributed by atoms with Gasteiger partial charge in [0.15, 0.2) is 0 Å². The third-order valence-electron chi connectivity index (χ3n) is 2.50. The molecule has 20 heavy (non-hydrogen) atoms. The Balaban J connectivity index is 2.72. The quantitative estimate of drug-likeness (QED) is 0.539. The van der Waals surface area contributed by atoms with Crippen LogP contribution in [0.1, 0.15) is 6.42 Å². The van der Waals surface area contributed by atoms with Gasteiger partial charge >= 0.3 is 0 Å². The van der Waals surface area contributed by atoms with Gasteiger partial charge in [-0.25, -0.2) is 21.6 Å². The summed E-state index contributed by atoms with van der Waals surface area (Å²) in [5.41, 5.74) is 5.86. The predicted octanol–water partition coefficient (Wildman–Crippen LogP) is -0.00960. The van der Waals surface area contributed by atoms with Crippen LogP contribution in [0.15, 0.2) is 23.1 Å². The molecule has 0 aromatic heterocycles. The summed E-state index contributed by atoms with van der Waals surface area (Å²) in [6, 6.07) is 4.12. The first-order valence-corrected chi connectivity index (χ1v) is 9.31. The molecule has 0 saturated heterocycles. The zero-order valence-electron chi connectivity index (χ0n) is 11.3. The van der Waals surface area contributed by atoms with Gasteiger partial charge in [-0.3, -0.25) is 0 Å². The van der Waals surface area contributed by atoms with E-state index in [0.29, 0.717) is 5.75 Å². The van der Waals surface area contributed by atoms with Crippen molar-refractivity contribution in [2.75, 3.05) is 31.4 Å². The summed E-state index contributed by atoms with van der Waals surface area (Å²) in [7, 11) is -5.37. The molecule has 0 heterocycles. The molecule has 0 unspecified atom stereocenters. The fraction of sp³-hybridized carbons (Fsp3) is 0.455. The Morgan fingerprint density at radius 2 is 1.90 bits per heavy atom. The monoisotopic (exact) mass is 322 g/mol. The van der Waals surface area contributed by atoms with Gasteiger partial charge in [-0.2, -0.15) is 0 Å². The van der Waals surface area contributed by atoms with Crippen molar-refractivity contribution in [1.29, 1.82) is 0 Å². The molecule has 0 fully saturated rings. The number of benzene rings is 1. The van der Waals surface area contributed by atoms with Crippen molar-refractivity contribution in [3.05, 3.63) is 18.2 Å². The number of nitrogen functional groups attached to an aromatic ring is 1. The van der Waals surface area contributed by atoms with E-state index in [2.05, 4.69) is 4.72 Å². The molecule has 0 saturated carbocycles. The van der Waals surface area contributed by atoms with Gasteiger partial charge in [-0.1, -0.05) is 0 Å². The summed E-state index contributed by atoms with van der Waals surface area (Å²) in [6.07, 6.45) is 1.31. The first kappa shape index (κ1) is 16.7. The summed E-state index contributed by atoms with van der Waals surface area (Å²) < 4.78 is 53.0. The van der Waals surface area contributed by atoms with Crippen LogP contribution in [0.2, 0.25) is 0 Å². The molecule has 3 N–H and O–H groups in total. The summed E-state index contributed by atoms with van der Waals surface area (Å²) in [5.74, 6) is 0.321. The fourth-order valence-corrected chi connectivity index (χ4v) is 3.28. The molecule has 0 aliphatic carbocycles. The van der Waals surface area contributed by atoms with E-state index in [1.165, 1.54) is 25.3 Å². The molecule has 7 nitrogen and oxygen atoms in total. The van der Waals surface area contributed by atoms with Gasteiger partial charge in [0.25, 0.3) is 0 Å². The van der Waals surface area contributed by atoms with E-state index in [-0.39, 0.29) is 29.3 Å². The summed E-state index contributed by atoms with van der Waals surface area (Å²) in [5, 5.41) is 0. The number of rotatable bonds is 7. The average molecular weight is 322 g/mol. The highest BCUT2D eigenvalue weighted by Gasteiger charge is 2.15. The molecule has 0 amide bonds. The van der Waals surface area contributed by atoms with Crippen LogP contribution < -0.4 is 15.2 Å². The Morgan fingerprint density at radius 1 is 1.25 bits per heavy atom. The zero-order chi connectivity index (χ0) is 15.4. The molecule has 0 aliphatic heterocycles. The standard InChI is InChI=1S/C11H18N2O5S2/c1-18-11-5-4-9(8-10(11)12)20(16,17)13-6-3-7-19(2,14)15/h4-5,8,13H,3,6-7,12H2,1-2H3. The number of nitrogens with two attached hydrogens (primary N) is 1. The molecule has 1 rings (SSSR count). The Hall–Kier alpha value is -1.32. The minimum Gasteiger partial charge on any atom is -0.495 e. The molecule has 1 aromatic carbocycles. The van der Waals surface area contributed by atoms with Crippen molar-refractivity contribution in [2.24, 2.45) is 0 Å². The van der Waals surface area contributed by atoms with Crippen molar-refractivity contribution in [3.8, 4) is 5.75 Å². The Bertz CT molecular complexity index is 668. The lowest BCUT2D eigenvalue weighted by Crippen LogP contribution is -2.26. The van der Waals surface area contributed by atoms with Gasteiger partial charge in [-0.15, -0.1) is 0 Å². The molecule has 1 aromatic rings. The van der Waals surface area contributed by atoms with Gasteiger partial charge in [-0.05, 0) is 24.6 Å². The van der Waals surface area contributed by atoms with Crippen LogP contribution in [0.5, 0.6) is 5.75 Å². The number of anilines is 1. The van der Waals surface area contributed by atoms with E-state index < -0.39 is 19.9 Å². The molecule has 0 bridgehead atoms. The lowest BCUT2D eigenvalue weighted by atomic mass is 10.3. The van der Waals surface area contributed by atoms with E-state index >= 15 is 0 Å². The van der Waals surface area contributed by atoms with Crippen molar-refractivity contribution in [2.45, 2.75) is 11.3 Å². The SMILES string of the molecule is COc1ccc(S(=O)(=O)NCCCS(C)(=O)=O)cc1N. The van der Waals surface area contributed by atoms with Crippen LogP contribution in [0.25, 0.3) is 0 Å². The second-order valence-electron chi connectivity index (χ2n) is 4.28. The Kier molecular flexibility index (Phi) is 5.37. The first-order chi connectivity index (χ1) is 9.15. The molecule has 0 radical (unpaired) electrons. The molecule has 0 aliphatic rings. The number of ether oxygens (including phenoxy) is 1. The van der Waals surface area contributed by atoms with Crippen LogP contribution in [-0.4, -0.2) is 42.5 Å². The largest absolute Gasteiger partial charge is 0.495 e. The summed E-state index contributed by atoms with van der Waals surface area (Å²) in [6.45, 7) is 0.0430. The van der Waals surface area contributed by atoms with Crippen molar-refractivity contribution < 1.29 is 21.6 Å². The number of sulfonamides is 1. The highest BCUT2D eigenvalue weighted by Crippen LogP contribution is 2.24. The zero-order valence-corrected chi connectivity index (χ0v) is 12.9. The van der Waals surface area contributed by atoms with Gasteiger partial charge in [0.1, 0.15) is 15.6 Å². The maximum Gasteiger partial charge on any atom is 0.240 e. The lowest BCUT2D eigenvalue weighted by Gasteiger charge is -2.09. The van der Waals surface area contributed by atoms with E-state index in [1.807, 2.05) is 0 Å². The molecule has 0 atom stereocenters. The number of methoxy groups -OCH3 is 1. The maximum atomic E-state index is 12.0. The average Bonchev–Trinajstić information content (AvgIpc) is 2.33. The van der Waals surface area contributed by atoms with Gasteiger partial charge in [0.2, 0.25) is 10.0 Å². The molecule has 0 spiro atoms. The van der Waals surface area contributed by atoms with Crippen LogP contribution in [-0.2, 0) is 19.9 Å². The first-order valence-electron chi connectivity index (χ1n) is 5.76. The summed E-state index contributed by atoms with van der Waals surface area (Å²) in [4.78, 5) is 0.00940. The van der Waals surface area contributed by atoms with Crippen LogP contribution in [0.4, 0.5) is 5.69 Å². The molecular formula is C11H18N2O5S2. The highest BCUT2D eigenvalue weighted by molar-refractivity contribution is 7.90. The maximum absolute atomic E-state index is 12.0. The third-order valence-corrected chi connectivity index (χ3v) is 4.98. The molecule has 9 heteroatoms. The van der Waals surface area contributed by atoms with Crippen molar-refractivity contribution >= 4 is 25.5 Å². The third kappa shape index (κ3) is 4.99. The summed E-state index contributed by atoms with van der Waals surface area (Å²) >= 11 is 0. The molecule has 114 valence electrons. The minimum absolute atomic E-state index is 0.00940. The smallest absolute Gasteiger partial charge is 0.240 e. The number of hydrogen-bond donors (Lipinski definition) is 2. The van der Waals surface area contributed by atoms with Gasteiger partial charge in [0.05, 0.1) is 23.4 Å². The van der Waals surface area contributed by atoms with E-state index in [9.17, 15) is 16.8 Å². The van der Waals surface area contributed by atoms with Crippen LogP contribution in [0.3, 0.4) is 0 Å². The van der Waals surface area contributed by atoms with Crippen LogP contribution >= 0.6 is 0 Å². The van der Waals surface area contributed by atoms with E-state index in [1.54, 1.807) is 0 Å².